The molecule has 3 aromatic rings. The third-order valence-electron chi connectivity index (χ3n) is 5.38. The largest absolute Gasteiger partial charge is 0.481 e. The molecule has 3 heterocycles. The molecule has 1 amide bonds. The number of halogens is 3. The predicted molar refractivity (Wildman–Crippen MR) is 107 cm³/mol. The van der Waals surface area contributed by atoms with Gasteiger partial charge in [0.1, 0.15) is 0 Å². The van der Waals surface area contributed by atoms with Gasteiger partial charge in [0.25, 0.3) is 0 Å². The molecule has 0 atom stereocenters. The minimum absolute atomic E-state index is 0.0762. The number of alkyl halides is 3. The fraction of sp³-hybridized carbons (Fsp3) is 0.318. The topological polar surface area (TPSA) is 60.2 Å². The summed E-state index contributed by atoms with van der Waals surface area (Å²) in [5.41, 5.74) is 2.70. The summed E-state index contributed by atoms with van der Waals surface area (Å²) in [6.45, 7) is 2.76. The van der Waals surface area contributed by atoms with Gasteiger partial charge in [-0.3, -0.25) is 9.48 Å². The SMILES string of the molecule is COc1ccc(Cn2nc(-c3cccc(C(F)(F)F)c3)c3c2CCN(C(C)=O)C3)cn1. The molecule has 0 radical (unpaired) electrons. The molecule has 0 fully saturated rings. The number of nitrogens with zero attached hydrogens (tertiary/aromatic N) is 4. The van der Waals surface area contributed by atoms with Gasteiger partial charge in [0, 0.05) is 55.5 Å². The molecule has 0 N–H and O–H groups in total. The summed E-state index contributed by atoms with van der Waals surface area (Å²) in [4.78, 5) is 17.8. The van der Waals surface area contributed by atoms with Crippen LogP contribution in [0.15, 0.2) is 42.6 Å². The van der Waals surface area contributed by atoms with Crippen LogP contribution in [0.5, 0.6) is 5.88 Å². The van der Waals surface area contributed by atoms with Gasteiger partial charge in [0.15, 0.2) is 0 Å². The third-order valence-corrected chi connectivity index (χ3v) is 5.38. The average molecular weight is 430 g/mol. The van der Waals surface area contributed by atoms with Gasteiger partial charge >= 0.3 is 6.18 Å². The van der Waals surface area contributed by atoms with Gasteiger partial charge in [-0.15, -0.1) is 0 Å². The first-order chi connectivity index (χ1) is 14.8. The first-order valence-electron chi connectivity index (χ1n) is 9.77. The van der Waals surface area contributed by atoms with Crippen molar-refractivity contribution in [3.63, 3.8) is 0 Å². The first kappa shape index (κ1) is 20.9. The summed E-state index contributed by atoms with van der Waals surface area (Å²) in [6.07, 6.45) is -2.19. The Morgan fingerprint density at radius 3 is 2.68 bits per heavy atom. The molecule has 9 heteroatoms. The number of fused-ring (bicyclic) bond motifs is 1. The number of hydrogen-bond acceptors (Lipinski definition) is 4. The van der Waals surface area contributed by atoms with E-state index in [0.717, 1.165) is 29.0 Å². The van der Waals surface area contributed by atoms with Crippen LogP contribution in [0.25, 0.3) is 11.3 Å². The molecule has 0 saturated heterocycles. The summed E-state index contributed by atoms with van der Waals surface area (Å²) in [5, 5.41) is 4.67. The first-order valence-corrected chi connectivity index (χ1v) is 9.77. The summed E-state index contributed by atoms with van der Waals surface area (Å²) < 4.78 is 46.6. The van der Waals surface area contributed by atoms with Gasteiger partial charge in [0.05, 0.1) is 24.9 Å². The number of ether oxygens (including phenoxy) is 1. The number of carbonyl (C=O) groups is 1. The summed E-state index contributed by atoms with van der Waals surface area (Å²) in [7, 11) is 1.54. The van der Waals surface area contributed by atoms with Crippen LogP contribution in [0, 0.1) is 0 Å². The van der Waals surface area contributed by atoms with E-state index in [4.69, 9.17) is 4.74 Å². The second-order valence-electron chi connectivity index (χ2n) is 7.41. The highest BCUT2D eigenvalue weighted by Crippen LogP contribution is 2.35. The van der Waals surface area contributed by atoms with Crippen molar-refractivity contribution in [2.45, 2.75) is 32.6 Å². The maximum atomic E-state index is 13.2. The Labute approximate surface area is 177 Å². The van der Waals surface area contributed by atoms with Crippen molar-refractivity contribution in [1.29, 1.82) is 0 Å². The molecule has 1 aromatic carbocycles. The maximum absolute atomic E-state index is 13.2. The fourth-order valence-corrected chi connectivity index (χ4v) is 3.76. The maximum Gasteiger partial charge on any atom is 0.416 e. The normalized spacial score (nSPS) is 13.8. The van der Waals surface area contributed by atoms with Gasteiger partial charge in [-0.1, -0.05) is 18.2 Å². The number of methoxy groups -OCH3 is 1. The quantitative estimate of drug-likeness (QED) is 0.630. The number of amides is 1. The number of benzene rings is 1. The Morgan fingerprint density at radius 2 is 2.03 bits per heavy atom. The van der Waals surface area contributed by atoms with E-state index in [2.05, 4.69) is 10.1 Å². The number of aromatic nitrogens is 3. The molecule has 4 rings (SSSR count). The van der Waals surface area contributed by atoms with Crippen molar-refractivity contribution in [3.8, 4) is 17.1 Å². The molecule has 0 bridgehead atoms. The van der Waals surface area contributed by atoms with Crippen LogP contribution < -0.4 is 4.74 Å². The zero-order valence-corrected chi connectivity index (χ0v) is 17.1. The van der Waals surface area contributed by atoms with Gasteiger partial charge < -0.3 is 9.64 Å². The van der Waals surface area contributed by atoms with E-state index < -0.39 is 11.7 Å². The van der Waals surface area contributed by atoms with Crippen LogP contribution in [-0.4, -0.2) is 39.2 Å². The number of hydrogen-bond donors (Lipinski definition) is 0. The van der Waals surface area contributed by atoms with Crippen molar-refractivity contribution in [2.24, 2.45) is 0 Å². The lowest BCUT2D eigenvalue weighted by atomic mass is 9.99. The molecule has 6 nitrogen and oxygen atoms in total. The Hall–Kier alpha value is -3.36. The highest BCUT2D eigenvalue weighted by Gasteiger charge is 2.32. The smallest absolute Gasteiger partial charge is 0.416 e. The molecule has 2 aromatic heterocycles. The van der Waals surface area contributed by atoms with Crippen molar-refractivity contribution >= 4 is 5.91 Å². The summed E-state index contributed by atoms with van der Waals surface area (Å²) in [6, 6.07) is 8.75. The van der Waals surface area contributed by atoms with E-state index in [-0.39, 0.29) is 5.91 Å². The van der Waals surface area contributed by atoms with Crippen LogP contribution in [0.1, 0.15) is 29.3 Å². The zero-order valence-electron chi connectivity index (χ0n) is 17.1. The molecule has 31 heavy (non-hydrogen) atoms. The lowest BCUT2D eigenvalue weighted by Gasteiger charge is -2.27. The molecule has 1 aliphatic heterocycles. The molecule has 0 unspecified atom stereocenters. The molecular formula is C22H21F3N4O2. The van der Waals surface area contributed by atoms with Crippen molar-refractivity contribution in [2.75, 3.05) is 13.7 Å². The Balaban J connectivity index is 1.77. The molecule has 0 spiro atoms. The van der Waals surface area contributed by atoms with Crippen LogP contribution in [0.2, 0.25) is 0 Å². The van der Waals surface area contributed by atoms with Crippen molar-refractivity contribution < 1.29 is 22.7 Å². The van der Waals surface area contributed by atoms with Gasteiger partial charge in [-0.25, -0.2) is 4.98 Å². The average Bonchev–Trinajstić information content (AvgIpc) is 3.11. The lowest BCUT2D eigenvalue weighted by molar-refractivity contribution is -0.137. The van der Waals surface area contributed by atoms with Gasteiger partial charge in [0.2, 0.25) is 11.8 Å². The minimum Gasteiger partial charge on any atom is -0.481 e. The predicted octanol–water partition coefficient (Wildman–Crippen LogP) is 3.93. The number of rotatable bonds is 4. The molecule has 0 aliphatic carbocycles. The zero-order chi connectivity index (χ0) is 22.2. The number of pyridine rings is 1. The summed E-state index contributed by atoms with van der Waals surface area (Å²) in [5.74, 6) is 0.417. The van der Waals surface area contributed by atoms with E-state index in [1.807, 2.05) is 6.07 Å². The summed E-state index contributed by atoms with van der Waals surface area (Å²) >= 11 is 0. The van der Waals surface area contributed by atoms with E-state index in [1.54, 1.807) is 27.9 Å². The minimum atomic E-state index is -4.45. The standard InChI is InChI=1S/C22H21F3N4O2/c1-14(30)28-9-8-19-18(13-28)21(16-4-3-5-17(10-16)22(23,24)25)27-29(19)12-15-6-7-20(31-2)26-11-15/h3-7,10-11H,8-9,12-13H2,1-2H3. The Morgan fingerprint density at radius 1 is 1.23 bits per heavy atom. The second kappa shape index (κ2) is 8.05. The van der Waals surface area contributed by atoms with Crippen LogP contribution >= 0.6 is 0 Å². The Kier molecular flexibility index (Phi) is 5.43. The number of carbonyl (C=O) groups excluding carboxylic acids is 1. The second-order valence-corrected chi connectivity index (χ2v) is 7.41. The van der Waals surface area contributed by atoms with E-state index in [0.29, 0.717) is 43.2 Å². The van der Waals surface area contributed by atoms with Crippen LogP contribution in [-0.2, 0) is 30.5 Å². The van der Waals surface area contributed by atoms with E-state index in [9.17, 15) is 18.0 Å². The van der Waals surface area contributed by atoms with Crippen LogP contribution in [0.4, 0.5) is 13.2 Å². The van der Waals surface area contributed by atoms with Gasteiger partial charge in [-0.05, 0) is 17.7 Å². The van der Waals surface area contributed by atoms with Crippen molar-refractivity contribution in [3.05, 3.63) is 65.0 Å². The monoisotopic (exact) mass is 430 g/mol. The molecule has 0 saturated carbocycles. The Bertz CT molecular complexity index is 1110. The van der Waals surface area contributed by atoms with Gasteiger partial charge in [-0.2, -0.15) is 18.3 Å². The third kappa shape index (κ3) is 4.26. The van der Waals surface area contributed by atoms with Crippen molar-refractivity contribution in [1.82, 2.24) is 19.7 Å². The van der Waals surface area contributed by atoms with E-state index in [1.165, 1.54) is 20.1 Å². The van der Waals surface area contributed by atoms with E-state index >= 15 is 0 Å². The molecular weight excluding hydrogens is 409 g/mol. The highest BCUT2D eigenvalue weighted by atomic mass is 19.4. The molecule has 162 valence electrons. The molecule has 1 aliphatic rings. The fourth-order valence-electron chi connectivity index (χ4n) is 3.76. The highest BCUT2D eigenvalue weighted by molar-refractivity contribution is 5.74. The van der Waals surface area contributed by atoms with Crippen LogP contribution in [0.3, 0.4) is 0 Å². The lowest BCUT2D eigenvalue weighted by Crippen LogP contribution is -2.34.